The van der Waals surface area contributed by atoms with Crippen molar-refractivity contribution in [1.29, 1.82) is 0 Å². The quantitative estimate of drug-likeness (QED) is 0.835. The molecule has 7 heteroatoms. The van der Waals surface area contributed by atoms with Gasteiger partial charge in [0.2, 0.25) is 5.91 Å². The third-order valence-corrected chi connectivity index (χ3v) is 4.57. The summed E-state index contributed by atoms with van der Waals surface area (Å²) < 4.78 is 10.7. The van der Waals surface area contributed by atoms with Gasteiger partial charge in [-0.05, 0) is 49.2 Å². The molecule has 0 aromatic heterocycles. The lowest BCUT2D eigenvalue weighted by Crippen LogP contribution is -2.22. The number of nitrogens with one attached hydrogen (secondary N) is 1. The lowest BCUT2D eigenvalue weighted by atomic mass is 9.96. The lowest BCUT2D eigenvalue weighted by molar-refractivity contribution is -0.139. The Morgan fingerprint density at radius 3 is 2.69 bits per heavy atom. The molecule has 1 amide bonds. The maximum Gasteiger partial charge on any atom is 0.341 e. The number of rotatable bonds is 5. The van der Waals surface area contributed by atoms with Crippen LogP contribution in [0.25, 0.3) is 0 Å². The van der Waals surface area contributed by atoms with Crippen LogP contribution in [0.5, 0.6) is 11.5 Å². The molecule has 1 atom stereocenters. The van der Waals surface area contributed by atoms with Crippen molar-refractivity contribution in [3.63, 3.8) is 0 Å². The van der Waals surface area contributed by atoms with Crippen LogP contribution < -0.4 is 14.8 Å². The Balaban J connectivity index is 1.73. The van der Waals surface area contributed by atoms with Gasteiger partial charge in [0.15, 0.2) is 6.61 Å². The third-order valence-electron chi connectivity index (χ3n) is 4.27. The number of anilines is 1. The molecule has 1 aliphatic rings. The molecule has 0 saturated carbocycles. The second-order valence-electron chi connectivity index (χ2n) is 6.15. The Morgan fingerprint density at radius 2 is 2.00 bits per heavy atom. The van der Waals surface area contributed by atoms with E-state index in [9.17, 15) is 9.59 Å². The summed E-state index contributed by atoms with van der Waals surface area (Å²) >= 11 is 6.08. The molecule has 1 heterocycles. The molecule has 0 saturated heterocycles. The van der Waals surface area contributed by atoms with Crippen LogP contribution in [-0.4, -0.2) is 30.2 Å². The zero-order valence-corrected chi connectivity index (χ0v) is 15.1. The van der Waals surface area contributed by atoms with Gasteiger partial charge >= 0.3 is 5.97 Å². The highest BCUT2D eigenvalue weighted by atomic mass is 35.5. The molecule has 0 bridgehead atoms. The first-order valence-electron chi connectivity index (χ1n) is 8.04. The highest BCUT2D eigenvalue weighted by Gasteiger charge is 2.31. The molecular weight excluding hydrogens is 358 g/mol. The third kappa shape index (κ3) is 3.75. The standard InChI is InChI=1S/C19H18ClNO5/c1-10-5-13-14(8-25-17(13)6-11(10)2)19(24)21-12-3-4-16(15(20)7-12)26-9-18(22)23/h3-7,14H,8-9H2,1-2H3,(H,21,24)(H,22,23). The van der Waals surface area contributed by atoms with E-state index in [1.807, 2.05) is 26.0 Å². The monoisotopic (exact) mass is 375 g/mol. The molecule has 1 aliphatic heterocycles. The van der Waals surface area contributed by atoms with E-state index in [0.29, 0.717) is 5.69 Å². The SMILES string of the molecule is Cc1cc2c(cc1C)C(C(=O)Nc1ccc(OCC(=O)O)c(Cl)c1)CO2. The maximum absolute atomic E-state index is 12.6. The number of aryl methyl sites for hydroxylation is 2. The summed E-state index contributed by atoms with van der Waals surface area (Å²) in [6, 6.07) is 8.58. The van der Waals surface area contributed by atoms with Crippen LogP contribution in [-0.2, 0) is 9.59 Å². The highest BCUT2D eigenvalue weighted by molar-refractivity contribution is 6.32. The van der Waals surface area contributed by atoms with Crippen molar-refractivity contribution in [3.8, 4) is 11.5 Å². The molecule has 0 fully saturated rings. The second-order valence-corrected chi connectivity index (χ2v) is 6.56. The molecule has 0 aliphatic carbocycles. The fourth-order valence-corrected chi connectivity index (χ4v) is 2.99. The number of benzene rings is 2. The van der Waals surface area contributed by atoms with Crippen LogP contribution in [0.4, 0.5) is 5.69 Å². The Morgan fingerprint density at radius 1 is 1.27 bits per heavy atom. The first kappa shape index (κ1) is 18.1. The van der Waals surface area contributed by atoms with Gasteiger partial charge in [-0.1, -0.05) is 17.7 Å². The van der Waals surface area contributed by atoms with Gasteiger partial charge in [0.05, 0.1) is 5.02 Å². The zero-order valence-electron chi connectivity index (χ0n) is 14.3. The van der Waals surface area contributed by atoms with E-state index in [2.05, 4.69) is 5.32 Å². The van der Waals surface area contributed by atoms with Crippen LogP contribution in [0.2, 0.25) is 5.02 Å². The van der Waals surface area contributed by atoms with Gasteiger partial charge in [0.1, 0.15) is 24.0 Å². The normalized spacial score (nSPS) is 15.1. The van der Waals surface area contributed by atoms with Gasteiger partial charge in [0.25, 0.3) is 0 Å². The smallest absolute Gasteiger partial charge is 0.341 e. The van der Waals surface area contributed by atoms with Crippen molar-refractivity contribution in [2.45, 2.75) is 19.8 Å². The van der Waals surface area contributed by atoms with Crippen molar-refractivity contribution in [2.75, 3.05) is 18.5 Å². The van der Waals surface area contributed by atoms with Crippen molar-refractivity contribution in [1.82, 2.24) is 0 Å². The largest absolute Gasteiger partial charge is 0.492 e. The average molecular weight is 376 g/mol. The van der Waals surface area contributed by atoms with Gasteiger partial charge in [-0.2, -0.15) is 0 Å². The highest BCUT2D eigenvalue weighted by Crippen LogP contribution is 2.37. The summed E-state index contributed by atoms with van der Waals surface area (Å²) in [4.78, 5) is 23.2. The molecule has 0 spiro atoms. The summed E-state index contributed by atoms with van der Waals surface area (Å²) in [7, 11) is 0. The van der Waals surface area contributed by atoms with E-state index in [1.165, 1.54) is 12.1 Å². The predicted molar refractivity (Wildman–Crippen MR) is 97.4 cm³/mol. The molecule has 26 heavy (non-hydrogen) atoms. The molecule has 0 radical (unpaired) electrons. The van der Waals surface area contributed by atoms with E-state index in [1.54, 1.807) is 6.07 Å². The number of carbonyl (C=O) groups is 2. The van der Waals surface area contributed by atoms with Crippen LogP contribution in [0.1, 0.15) is 22.6 Å². The summed E-state index contributed by atoms with van der Waals surface area (Å²) in [5, 5.41) is 11.7. The van der Waals surface area contributed by atoms with Crippen molar-refractivity contribution >= 4 is 29.2 Å². The fourth-order valence-electron chi connectivity index (χ4n) is 2.75. The Hall–Kier alpha value is -2.73. The molecule has 1 unspecified atom stereocenters. The molecule has 6 nitrogen and oxygen atoms in total. The number of carboxylic acids is 1. The zero-order chi connectivity index (χ0) is 18.8. The van der Waals surface area contributed by atoms with Crippen molar-refractivity contribution < 1.29 is 24.2 Å². The number of carbonyl (C=O) groups excluding carboxylic acids is 1. The number of fused-ring (bicyclic) bond motifs is 1. The van der Waals surface area contributed by atoms with Gasteiger partial charge < -0.3 is 19.9 Å². The van der Waals surface area contributed by atoms with Crippen LogP contribution in [0, 0.1) is 13.8 Å². The summed E-state index contributed by atoms with van der Waals surface area (Å²) in [5.41, 5.74) is 3.60. The Labute approximate surface area is 155 Å². The lowest BCUT2D eigenvalue weighted by Gasteiger charge is -2.13. The van der Waals surface area contributed by atoms with Crippen LogP contribution in [0.3, 0.4) is 0 Å². The van der Waals surface area contributed by atoms with E-state index >= 15 is 0 Å². The number of hydrogen-bond donors (Lipinski definition) is 2. The summed E-state index contributed by atoms with van der Waals surface area (Å²) in [6.45, 7) is 3.80. The van der Waals surface area contributed by atoms with Crippen LogP contribution in [0.15, 0.2) is 30.3 Å². The number of amides is 1. The minimum Gasteiger partial charge on any atom is -0.492 e. The fraction of sp³-hybridized carbons (Fsp3) is 0.263. The first-order valence-corrected chi connectivity index (χ1v) is 8.42. The minimum absolute atomic E-state index is 0.192. The van der Waals surface area contributed by atoms with E-state index in [4.69, 9.17) is 26.2 Å². The van der Waals surface area contributed by atoms with Crippen molar-refractivity contribution in [2.24, 2.45) is 0 Å². The van der Waals surface area contributed by atoms with Crippen molar-refractivity contribution in [3.05, 3.63) is 52.0 Å². The van der Waals surface area contributed by atoms with E-state index in [0.717, 1.165) is 22.4 Å². The van der Waals surface area contributed by atoms with Gasteiger partial charge in [0, 0.05) is 11.3 Å². The second kappa shape index (κ2) is 7.25. The summed E-state index contributed by atoms with van der Waals surface area (Å²) in [5.74, 6) is -0.700. The van der Waals surface area contributed by atoms with Gasteiger partial charge in [-0.3, -0.25) is 4.79 Å². The number of carboxylic acid groups (broad SMARTS) is 1. The van der Waals surface area contributed by atoms with Crippen LogP contribution >= 0.6 is 11.6 Å². The van der Waals surface area contributed by atoms with E-state index in [-0.39, 0.29) is 23.3 Å². The van der Waals surface area contributed by atoms with E-state index < -0.39 is 18.5 Å². The summed E-state index contributed by atoms with van der Waals surface area (Å²) in [6.07, 6.45) is 0. The average Bonchev–Trinajstić information content (AvgIpc) is 2.97. The Kier molecular flexibility index (Phi) is 5.04. The Bertz CT molecular complexity index is 880. The topological polar surface area (TPSA) is 84.9 Å². The maximum atomic E-state index is 12.6. The molecule has 2 aromatic carbocycles. The number of ether oxygens (including phenoxy) is 2. The predicted octanol–water partition coefficient (Wildman–Crippen LogP) is 3.53. The molecule has 3 rings (SSSR count). The van der Waals surface area contributed by atoms with Gasteiger partial charge in [-0.25, -0.2) is 4.79 Å². The molecule has 136 valence electrons. The molecular formula is C19H18ClNO5. The minimum atomic E-state index is -1.09. The molecule has 2 aromatic rings. The number of hydrogen-bond acceptors (Lipinski definition) is 4. The molecule has 2 N–H and O–H groups in total. The number of aliphatic carboxylic acids is 1. The first-order chi connectivity index (χ1) is 12.3. The number of halogens is 1. The van der Waals surface area contributed by atoms with Gasteiger partial charge in [-0.15, -0.1) is 0 Å².